The summed E-state index contributed by atoms with van der Waals surface area (Å²) < 4.78 is 18.4. The van der Waals surface area contributed by atoms with Gasteiger partial charge in [-0.05, 0) is 36.2 Å². The van der Waals surface area contributed by atoms with Gasteiger partial charge in [-0.1, -0.05) is 29.8 Å². The molecular weight excluding hydrogens is 305 g/mol. The number of halogens is 2. The highest BCUT2D eigenvalue weighted by molar-refractivity contribution is 6.33. The molecule has 1 amide bonds. The molecule has 3 nitrogen and oxygen atoms in total. The highest BCUT2D eigenvalue weighted by Gasteiger charge is 2.41. The van der Waals surface area contributed by atoms with Crippen LogP contribution >= 0.6 is 11.6 Å². The van der Waals surface area contributed by atoms with Crippen molar-refractivity contribution < 1.29 is 13.9 Å². The molecule has 0 heterocycles. The number of carbonyl (C=O) groups excluding carboxylic acids is 1. The van der Waals surface area contributed by atoms with Crippen molar-refractivity contribution in [1.29, 1.82) is 0 Å². The maximum absolute atomic E-state index is 13.0. The van der Waals surface area contributed by atoms with E-state index in [1.54, 1.807) is 7.11 Å². The number of methoxy groups -OCH3 is 1. The number of benzene rings is 2. The predicted molar refractivity (Wildman–Crippen MR) is 83.0 cm³/mol. The van der Waals surface area contributed by atoms with E-state index in [9.17, 15) is 9.18 Å². The topological polar surface area (TPSA) is 38.3 Å². The van der Waals surface area contributed by atoms with Crippen molar-refractivity contribution in [3.05, 3.63) is 64.4 Å². The minimum atomic E-state index is -0.458. The van der Waals surface area contributed by atoms with Crippen LogP contribution in [0.25, 0.3) is 0 Å². The predicted octanol–water partition coefficient (Wildman–Crippen LogP) is 3.77. The van der Waals surface area contributed by atoms with Crippen molar-refractivity contribution in [1.82, 2.24) is 5.32 Å². The van der Waals surface area contributed by atoms with Gasteiger partial charge in [-0.25, -0.2) is 4.39 Å². The van der Waals surface area contributed by atoms with Gasteiger partial charge in [0.05, 0.1) is 17.7 Å². The Bertz CT molecular complexity index is 720. The first kappa shape index (κ1) is 14.9. The third-order valence-corrected chi connectivity index (χ3v) is 4.13. The molecular formula is C17H15ClFNO2. The molecule has 1 saturated carbocycles. The van der Waals surface area contributed by atoms with Gasteiger partial charge in [0.1, 0.15) is 11.6 Å². The molecule has 1 N–H and O–H groups in total. The van der Waals surface area contributed by atoms with E-state index in [-0.39, 0.29) is 28.5 Å². The van der Waals surface area contributed by atoms with Gasteiger partial charge in [0, 0.05) is 12.0 Å². The van der Waals surface area contributed by atoms with Crippen molar-refractivity contribution in [3.63, 3.8) is 0 Å². The Morgan fingerprint density at radius 3 is 2.82 bits per heavy atom. The number of hydrogen-bond acceptors (Lipinski definition) is 2. The summed E-state index contributed by atoms with van der Waals surface area (Å²) in [7, 11) is 1.63. The maximum Gasteiger partial charge on any atom is 0.253 e. The van der Waals surface area contributed by atoms with E-state index in [4.69, 9.17) is 16.3 Å². The minimum absolute atomic E-state index is 0.0462. The first-order valence-electron chi connectivity index (χ1n) is 6.99. The Balaban J connectivity index is 1.69. The molecule has 0 saturated heterocycles. The molecule has 1 fully saturated rings. The molecule has 0 radical (unpaired) electrons. The van der Waals surface area contributed by atoms with Crippen molar-refractivity contribution >= 4 is 17.5 Å². The number of hydrogen-bond donors (Lipinski definition) is 1. The number of para-hydroxylation sites is 1. The lowest BCUT2D eigenvalue weighted by Gasteiger charge is -2.09. The summed E-state index contributed by atoms with van der Waals surface area (Å²) in [6.07, 6.45) is 0.852. The van der Waals surface area contributed by atoms with Gasteiger partial charge >= 0.3 is 0 Å². The van der Waals surface area contributed by atoms with Crippen LogP contribution in [0, 0.1) is 5.82 Å². The fourth-order valence-electron chi connectivity index (χ4n) is 2.59. The van der Waals surface area contributed by atoms with Crippen LogP contribution in [0.2, 0.25) is 5.02 Å². The van der Waals surface area contributed by atoms with Crippen molar-refractivity contribution in [2.75, 3.05) is 7.11 Å². The second kappa shape index (κ2) is 5.97. The number of ether oxygens (including phenoxy) is 1. The summed E-state index contributed by atoms with van der Waals surface area (Å²) in [4.78, 5) is 12.2. The molecule has 0 bridgehead atoms. The van der Waals surface area contributed by atoms with Crippen LogP contribution in [0.1, 0.15) is 28.3 Å². The summed E-state index contributed by atoms with van der Waals surface area (Å²) in [5.41, 5.74) is 1.37. The largest absolute Gasteiger partial charge is 0.496 e. The molecule has 0 unspecified atom stereocenters. The number of carbonyl (C=O) groups is 1. The zero-order chi connectivity index (χ0) is 15.7. The van der Waals surface area contributed by atoms with Gasteiger partial charge in [-0.15, -0.1) is 0 Å². The molecule has 0 spiro atoms. The Labute approximate surface area is 133 Å². The van der Waals surface area contributed by atoms with Crippen molar-refractivity contribution in [3.8, 4) is 5.75 Å². The second-order valence-corrected chi connectivity index (χ2v) is 5.70. The SMILES string of the molecule is COc1ccccc1[C@@H]1C[C@@H]1NC(=O)c1ccc(F)cc1Cl. The van der Waals surface area contributed by atoms with Gasteiger partial charge in [0.25, 0.3) is 5.91 Å². The van der Waals surface area contributed by atoms with Crippen LogP contribution in [0.4, 0.5) is 4.39 Å². The fourth-order valence-corrected chi connectivity index (χ4v) is 2.84. The summed E-state index contributed by atoms with van der Waals surface area (Å²) in [6, 6.07) is 11.6. The van der Waals surface area contributed by atoms with Crippen LogP contribution in [0.15, 0.2) is 42.5 Å². The minimum Gasteiger partial charge on any atom is -0.496 e. The molecule has 0 aromatic heterocycles. The first-order valence-corrected chi connectivity index (χ1v) is 7.36. The highest BCUT2D eigenvalue weighted by Crippen LogP contribution is 2.44. The normalized spacial score (nSPS) is 19.6. The highest BCUT2D eigenvalue weighted by atomic mass is 35.5. The van der Waals surface area contributed by atoms with Crippen molar-refractivity contribution in [2.24, 2.45) is 0 Å². The van der Waals surface area contributed by atoms with Gasteiger partial charge in [0.15, 0.2) is 0 Å². The van der Waals surface area contributed by atoms with E-state index in [0.717, 1.165) is 23.8 Å². The molecule has 22 heavy (non-hydrogen) atoms. The van der Waals surface area contributed by atoms with Gasteiger partial charge in [0.2, 0.25) is 0 Å². The quantitative estimate of drug-likeness (QED) is 0.931. The standard InChI is InChI=1S/C17H15ClFNO2/c1-22-16-5-3-2-4-11(16)13-9-15(13)20-17(21)12-7-6-10(19)8-14(12)18/h2-8,13,15H,9H2,1H3,(H,20,21)/t13-,15-/m0/s1. The fraction of sp³-hybridized carbons (Fsp3) is 0.235. The van der Waals surface area contributed by atoms with Gasteiger partial charge in [-0.3, -0.25) is 4.79 Å². The molecule has 1 aliphatic carbocycles. The summed E-state index contributed by atoms with van der Waals surface area (Å²) in [5.74, 6) is 0.315. The van der Waals surface area contributed by atoms with Gasteiger partial charge in [-0.2, -0.15) is 0 Å². The third-order valence-electron chi connectivity index (χ3n) is 3.82. The van der Waals surface area contributed by atoms with E-state index in [0.29, 0.717) is 0 Å². The average Bonchev–Trinajstić information content (AvgIpc) is 3.26. The van der Waals surface area contributed by atoms with Crippen LogP contribution in [0.5, 0.6) is 5.75 Å². The zero-order valence-corrected chi connectivity index (χ0v) is 12.7. The van der Waals surface area contributed by atoms with E-state index >= 15 is 0 Å². The molecule has 0 aliphatic heterocycles. The van der Waals surface area contributed by atoms with E-state index in [1.165, 1.54) is 12.1 Å². The Kier molecular flexibility index (Phi) is 4.03. The monoisotopic (exact) mass is 319 g/mol. The lowest BCUT2D eigenvalue weighted by atomic mass is 10.1. The molecule has 2 aromatic rings. The summed E-state index contributed by atoms with van der Waals surface area (Å²) in [5, 5.41) is 3.05. The van der Waals surface area contributed by atoms with Crippen LogP contribution < -0.4 is 10.1 Å². The summed E-state index contributed by atoms with van der Waals surface area (Å²) >= 11 is 5.91. The van der Waals surface area contributed by atoms with E-state index in [1.807, 2.05) is 24.3 Å². The Morgan fingerprint density at radius 1 is 1.32 bits per heavy atom. The molecule has 114 valence electrons. The molecule has 2 atom stereocenters. The summed E-state index contributed by atoms with van der Waals surface area (Å²) in [6.45, 7) is 0. The second-order valence-electron chi connectivity index (χ2n) is 5.29. The molecule has 3 rings (SSSR count). The Morgan fingerprint density at radius 2 is 2.09 bits per heavy atom. The lowest BCUT2D eigenvalue weighted by molar-refractivity contribution is 0.0950. The first-order chi connectivity index (χ1) is 10.6. The van der Waals surface area contributed by atoms with Crippen LogP contribution in [-0.4, -0.2) is 19.1 Å². The number of amides is 1. The lowest BCUT2D eigenvalue weighted by Crippen LogP contribution is -2.26. The number of nitrogens with one attached hydrogen (secondary N) is 1. The molecule has 1 aliphatic rings. The van der Waals surface area contributed by atoms with E-state index in [2.05, 4.69) is 5.32 Å². The molecule has 5 heteroatoms. The smallest absolute Gasteiger partial charge is 0.253 e. The maximum atomic E-state index is 13.0. The van der Waals surface area contributed by atoms with Crippen molar-refractivity contribution in [2.45, 2.75) is 18.4 Å². The Hall–Kier alpha value is -2.07. The van der Waals surface area contributed by atoms with Crippen LogP contribution in [-0.2, 0) is 0 Å². The van der Waals surface area contributed by atoms with E-state index < -0.39 is 5.82 Å². The van der Waals surface area contributed by atoms with Gasteiger partial charge < -0.3 is 10.1 Å². The number of rotatable bonds is 4. The molecule has 2 aromatic carbocycles. The van der Waals surface area contributed by atoms with Crippen LogP contribution in [0.3, 0.4) is 0 Å². The average molecular weight is 320 g/mol. The third kappa shape index (κ3) is 2.92. The zero-order valence-electron chi connectivity index (χ0n) is 12.0.